The second-order valence-corrected chi connectivity index (χ2v) is 19.6. The van der Waals surface area contributed by atoms with Gasteiger partial charge in [0.2, 0.25) is 5.91 Å². The summed E-state index contributed by atoms with van der Waals surface area (Å²) in [6, 6.07) is 0. The molecule has 1 fully saturated rings. The average Bonchev–Trinajstić information content (AvgIpc) is 3.44. The molecule has 2 unspecified atom stereocenters. The molecule has 1 aliphatic heterocycles. The van der Waals surface area contributed by atoms with E-state index in [0.29, 0.717) is 12.8 Å². The number of phosphoric acid groups is 1. The summed E-state index contributed by atoms with van der Waals surface area (Å²) in [5.41, 5.74) is -1.32. The van der Waals surface area contributed by atoms with E-state index >= 15 is 0 Å². The van der Waals surface area contributed by atoms with Crippen LogP contribution in [0.2, 0.25) is 0 Å². The van der Waals surface area contributed by atoms with Crippen molar-refractivity contribution < 1.29 is 151 Å². The van der Waals surface area contributed by atoms with Gasteiger partial charge in [-0.15, -0.1) is 0 Å². The predicted molar refractivity (Wildman–Crippen MR) is 255 cm³/mol. The van der Waals surface area contributed by atoms with E-state index in [1.165, 1.54) is 72.5 Å². The number of aliphatic carboxylic acids is 4. The van der Waals surface area contributed by atoms with E-state index in [4.69, 9.17) is 18.5 Å². The minimum Gasteiger partial charge on any atom is -0.480 e. The van der Waals surface area contributed by atoms with Crippen molar-refractivity contribution in [2.45, 2.75) is 180 Å². The molecule has 405 valence electrons. The molecule has 71 heavy (non-hydrogen) atoms. The van der Waals surface area contributed by atoms with E-state index in [9.17, 15) is 63.4 Å². The molecule has 1 radical (unpaired) electrons. The largest absolute Gasteiger partial charge is 3.00 e. The summed E-state index contributed by atoms with van der Waals surface area (Å²) in [5.74, 6) is -6.53. The van der Waals surface area contributed by atoms with Gasteiger partial charge in [-0.1, -0.05) is 123 Å². The summed E-state index contributed by atoms with van der Waals surface area (Å²) in [4.78, 5) is 99.9. The van der Waals surface area contributed by atoms with Crippen molar-refractivity contribution in [1.29, 1.82) is 0 Å². The number of nitrogens with zero attached hydrogens (tertiary/aromatic N) is 3. The van der Waals surface area contributed by atoms with Crippen LogP contribution in [0.1, 0.15) is 168 Å². The Kier molecular flexibility index (Phi) is 44.2. The van der Waals surface area contributed by atoms with Gasteiger partial charge >= 0.3 is 113 Å². The first-order chi connectivity index (χ1) is 32.9. The zero-order valence-corrected chi connectivity index (χ0v) is 48.0. The van der Waals surface area contributed by atoms with Crippen LogP contribution in [-0.4, -0.2) is 172 Å². The van der Waals surface area contributed by atoms with Crippen molar-refractivity contribution in [3.63, 3.8) is 0 Å². The van der Waals surface area contributed by atoms with E-state index in [1.54, 1.807) is 0 Å². The molecule has 6 N–H and O–H groups in total. The summed E-state index contributed by atoms with van der Waals surface area (Å²) in [7, 11) is -4.74. The molecule has 0 aliphatic carbocycles. The molecule has 1 rings (SSSR count). The molecule has 0 saturated carbocycles. The van der Waals surface area contributed by atoms with Gasteiger partial charge in [-0.2, -0.15) is 0 Å². The normalized spacial score (nSPS) is 15.0. The molecule has 21 nitrogen and oxygen atoms in total. The maximum Gasteiger partial charge on any atom is 3.00 e. The first-order valence-electron chi connectivity index (χ1n) is 25.2. The second kappa shape index (κ2) is 43.8. The Morgan fingerprint density at radius 2 is 1.04 bits per heavy atom. The number of carbonyl (C=O) groups is 7. The Labute approximate surface area is 475 Å². The van der Waals surface area contributed by atoms with Crippen LogP contribution in [0.5, 0.6) is 0 Å². The zero-order chi connectivity index (χ0) is 51.3. The molecular weight excluding hydrogens is 1100 g/mol. The van der Waals surface area contributed by atoms with Gasteiger partial charge in [0.15, 0.2) is 6.10 Å². The fraction of sp³-hybridized carbons (Fsp3) is 0.851. The summed E-state index contributed by atoms with van der Waals surface area (Å²) < 4.78 is 33.9. The van der Waals surface area contributed by atoms with E-state index < -0.39 is 101 Å². The number of unbranched alkanes of at least 4 members (excludes halogenated alkanes) is 17. The SMILES string of the molecule is CCCCCCCCCCCC(=O)OCC(COP(=O)(O)OCCNC(=O)CCCCC1(N(CC(=O)O)CC(=O)O)CN(CC(=O)O)CCN(CC(=O)O)C1)OC(=O)CCCCCCCCCCC.[Gd+3].[Na+]. The molecule has 1 saturated heterocycles. The number of ether oxygens (including phenoxy) is 2. The van der Waals surface area contributed by atoms with Crippen LogP contribution in [0, 0.1) is 39.9 Å². The number of hydrogen-bond acceptors (Lipinski definition) is 15. The predicted octanol–water partition coefficient (Wildman–Crippen LogP) is 3.09. The molecule has 0 bridgehead atoms. The summed E-state index contributed by atoms with van der Waals surface area (Å²) >= 11 is 0. The van der Waals surface area contributed by atoms with Crippen LogP contribution < -0.4 is 34.9 Å². The Bertz CT molecular complexity index is 1530. The topological polar surface area (TPSA) is 296 Å². The van der Waals surface area contributed by atoms with Crippen LogP contribution in [-0.2, 0) is 56.6 Å². The van der Waals surface area contributed by atoms with Crippen LogP contribution in [0.4, 0.5) is 0 Å². The first-order valence-corrected chi connectivity index (χ1v) is 26.7. The molecule has 1 amide bonds. The third-order valence-corrected chi connectivity index (χ3v) is 12.9. The minimum atomic E-state index is -4.74. The number of esters is 2. The Morgan fingerprint density at radius 1 is 0.606 bits per heavy atom. The summed E-state index contributed by atoms with van der Waals surface area (Å²) in [6.07, 6.45) is 18.8. The van der Waals surface area contributed by atoms with E-state index in [1.807, 2.05) is 0 Å². The minimum absolute atomic E-state index is 0. The smallest absolute Gasteiger partial charge is 0.480 e. The fourth-order valence-corrected chi connectivity index (χ4v) is 9.13. The van der Waals surface area contributed by atoms with E-state index in [2.05, 4.69) is 19.2 Å². The number of rotatable bonds is 44. The molecule has 24 heteroatoms. The van der Waals surface area contributed by atoms with Crippen molar-refractivity contribution in [2.24, 2.45) is 0 Å². The number of amides is 1. The fourth-order valence-electron chi connectivity index (χ4n) is 8.38. The standard InChI is InChI=1S/C47H85N4O17P.Gd.Na/c1-3-5-7-9-11-13-15-17-19-24-45(61)65-35-39(68-46(62)25-20-18-16-14-12-10-8-6-4-2)36-67-69(63,64)66-30-27-48-40(52)23-21-22-26-47(51(33-43(57)58)34-44(59)60)37-49(31-41(53)54)28-29-50(38-47)32-42(55)56;;/h39H,3-38H2,1-2H3,(H,48,52)(H,53,54)(H,55,56)(H,57,58)(H,59,60)(H,63,64);;/q;+3;+1. The maximum absolute atomic E-state index is 12.8. The zero-order valence-electron chi connectivity index (χ0n) is 42.8. The quantitative estimate of drug-likeness (QED) is 0.0221. The van der Waals surface area contributed by atoms with Gasteiger partial charge in [0.1, 0.15) is 6.61 Å². The van der Waals surface area contributed by atoms with Crippen LogP contribution in [0.25, 0.3) is 0 Å². The van der Waals surface area contributed by atoms with Gasteiger partial charge in [-0.3, -0.25) is 57.3 Å². The first kappa shape index (κ1) is 71.7. The van der Waals surface area contributed by atoms with Gasteiger partial charge in [0.05, 0.1) is 39.4 Å². The molecule has 0 aromatic heterocycles. The molecule has 2 atom stereocenters. The molecule has 1 aliphatic rings. The number of nitrogens with one attached hydrogen (secondary N) is 1. The summed E-state index contributed by atoms with van der Waals surface area (Å²) in [5, 5.41) is 41.0. The summed E-state index contributed by atoms with van der Waals surface area (Å²) in [6.45, 7) is 0.505. The third-order valence-electron chi connectivity index (χ3n) is 11.9. The number of carbonyl (C=O) groups excluding carboxylic acids is 3. The molecule has 0 aromatic rings. The maximum atomic E-state index is 12.8. The van der Waals surface area contributed by atoms with E-state index in [0.717, 1.165) is 44.9 Å². The van der Waals surface area contributed by atoms with Crippen molar-refractivity contribution in [2.75, 3.05) is 78.7 Å². The Morgan fingerprint density at radius 3 is 1.49 bits per heavy atom. The van der Waals surface area contributed by atoms with Crippen LogP contribution in [0.15, 0.2) is 0 Å². The van der Waals surface area contributed by atoms with Gasteiger partial charge in [0.25, 0.3) is 0 Å². The van der Waals surface area contributed by atoms with Gasteiger partial charge in [-0.05, 0) is 25.7 Å². The third kappa shape index (κ3) is 38.8. The van der Waals surface area contributed by atoms with Crippen molar-refractivity contribution >= 4 is 49.5 Å². The van der Waals surface area contributed by atoms with Gasteiger partial charge < -0.3 is 40.1 Å². The average molecular weight is 1190 g/mol. The van der Waals surface area contributed by atoms with Crippen molar-refractivity contribution in [3.05, 3.63) is 0 Å². The van der Waals surface area contributed by atoms with Crippen molar-refractivity contribution in [3.8, 4) is 0 Å². The number of carboxylic acid groups (broad SMARTS) is 4. The Balaban J connectivity index is 0. The Hall–Kier alpha value is -1.40. The van der Waals surface area contributed by atoms with Gasteiger partial charge in [-0.25, -0.2) is 4.57 Å². The molecule has 0 spiro atoms. The molecular formula is C47H85GdN4NaO17P+4. The second-order valence-electron chi connectivity index (χ2n) is 18.2. The van der Waals surface area contributed by atoms with Crippen LogP contribution >= 0.6 is 7.82 Å². The monoisotopic (exact) mass is 1190 g/mol. The van der Waals surface area contributed by atoms with Crippen LogP contribution in [0.3, 0.4) is 0 Å². The molecule has 0 aromatic carbocycles. The number of carboxylic acids is 4. The number of hydrogen-bond donors (Lipinski definition) is 6. The number of phosphoric ester groups is 1. The van der Waals surface area contributed by atoms with E-state index in [-0.39, 0.29) is 147 Å². The molecule has 1 heterocycles. The van der Waals surface area contributed by atoms with Gasteiger partial charge in [0, 0.05) is 57.5 Å². The van der Waals surface area contributed by atoms with Crippen molar-refractivity contribution in [1.82, 2.24) is 20.0 Å².